The Labute approximate surface area is 77.9 Å². The predicted octanol–water partition coefficient (Wildman–Crippen LogP) is 0.471. The van der Waals surface area contributed by atoms with Crippen molar-refractivity contribution < 1.29 is 4.74 Å². The summed E-state index contributed by atoms with van der Waals surface area (Å²) in [4.78, 5) is 0. The Morgan fingerprint density at radius 2 is 2.62 bits per heavy atom. The summed E-state index contributed by atoms with van der Waals surface area (Å²) in [6.45, 7) is 2.79. The highest BCUT2D eigenvalue weighted by Gasteiger charge is 2.15. The van der Waals surface area contributed by atoms with Gasteiger partial charge in [0, 0.05) is 32.0 Å². The maximum absolute atomic E-state index is 5.69. The summed E-state index contributed by atoms with van der Waals surface area (Å²) in [5.74, 6) is 0. The summed E-state index contributed by atoms with van der Waals surface area (Å²) in [6, 6.07) is 0. The van der Waals surface area contributed by atoms with Gasteiger partial charge in [-0.15, -0.1) is 0 Å². The molecular weight excluding hydrogens is 166 g/mol. The van der Waals surface area contributed by atoms with Gasteiger partial charge in [0.1, 0.15) is 0 Å². The van der Waals surface area contributed by atoms with Gasteiger partial charge in [0.15, 0.2) is 0 Å². The van der Waals surface area contributed by atoms with Crippen LogP contribution in [0.5, 0.6) is 0 Å². The highest BCUT2D eigenvalue weighted by atomic mass is 16.5. The van der Waals surface area contributed by atoms with Gasteiger partial charge in [-0.05, 0) is 13.0 Å². The fourth-order valence-electron chi connectivity index (χ4n) is 1.54. The van der Waals surface area contributed by atoms with Crippen LogP contribution in [0.3, 0.4) is 0 Å². The van der Waals surface area contributed by atoms with E-state index in [0.29, 0.717) is 0 Å². The molecule has 4 nitrogen and oxygen atoms in total. The molecule has 2 rings (SSSR count). The standard InChI is InChI=1S/C9H15N3O/c1-12-7-8(5-11-12)9-6-10-3-2-4-13-9/h5,7,9-10H,2-4,6H2,1H3/t9-/m1/s1. The Morgan fingerprint density at radius 3 is 3.38 bits per heavy atom. The maximum Gasteiger partial charge on any atom is 0.0979 e. The summed E-state index contributed by atoms with van der Waals surface area (Å²) in [5, 5.41) is 7.47. The van der Waals surface area contributed by atoms with E-state index in [2.05, 4.69) is 10.4 Å². The Kier molecular flexibility index (Phi) is 2.61. The highest BCUT2D eigenvalue weighted by Crippen LogP contribution is 2.17. The van der Waals surface area contributed by atoms with Crippen LogP contribution in [0.15, 0.2) is 12.4 Å². The zero-order valence-electron chi connectivity index (χ0n) is 7.86. The molecule has 0 unspecified atom stereocenters. The molecule has 0 saturated carbocycles. The average Bonchev–Trinajstić information content (AvgIpc) is 2.43. The fourth-order valence-corrected chi connectivity index (χ4v) is 1.54. The minimum atomic E-state index is 0.177. The second-order valence-corrected chi connectivity index (χ2v) is 3.36. The Balaban J connectivity index is 2.06. The minimum absolute atomic E-state index is 0.177. The van der Waals surface area contributed by atoms with Gasteiger partial charge in [-0.1, -0.05) is 0 Å². The first-order chi connectivity index (χ1) is 6.36. The average molecular weight is 181 g/mol. The third kappa shape index (κ3) is 2.08. The van der Waals surface area contributed by atoms with Gasteiger partial charge in [-0.3, -0.25) is 4.68 Å². The third-order valence-corrected chi connectivity index (χ3v) is 2.24. The van der Waals surface area contributed by atoms with Crippen LogP contribution < -0.4 is 5.32 Å². The number of nitrogens with zero attached hydrogens (tertiary/aromatic N) is 2. The number of aromatic nitrogens is 2. The van der Waals surface area contributed by atoms with Gasteiger partial charge in [-0.2, -0.15) is 5.10 Å². The first-order valence-corrected chi connectivity index (χ1v) is 4.67. The smallest absolute Gasteiger partial charge is 0.0979 e. The topological polar surface area (TPSA) is 39.1 Å². The van der Waals surface area contributed by atoms with Crippen molar-refractivity contribution in [2.24, 2.45) is 7.05 Å². The molecule has 0 amide bonds. The van der Waals surface area contributed by atoms with E-state index in [0.717, 1.165) is 31.7 Å². The van der Waals surface area contributed by atoms with E-state index >= 15 is 0 Å². The summed E-state index contributed by atoms with van der Waals surface area (Å²) in [7, 11) is 1.92. The molecule has 1 aliphatic rings. The van der Waals surface area contributed by atoms with E-state index in [1.807, 2.05) is 24.1 Å². The molecule has 72 valence electrons. The van der Waals surface area contributed by atoms with Crippen molar-refractivity contribution in [1.29, 1.82) is 0 Å². The van der Waals surface area contributed by atoms with Crippen molar-refractivity contribution in [3.63, 3.8) is 0 Å². The molecule has 13 heavy (non-hydrogen) atoms. The minimum Gasteiger partial charge on any atom is -0.372 e. The lowest BCUT2D eigenvalue weighted by Gasteiger charge is -2.12. The molecule has 4 heteroatoms. The van der Waals surface area contributed by atoms with E-state index in [4.69, 9.17) is 4.74 Å². The van der Waals surface area contributed by atoms with Crippen molar-refractivity contribution in [2.45, 2.75) is 12.5 Å². The van der Waals surface area contributed by atoms with E-state index in [1.165, 1.54) is 0 Å². The zero-order valence-corrected chi connectivity index (χ0v) is 7.86. The Hall–Kier alpha value is -0.870. The van der Waals surface area contributed by atoms with Crippen molar-refractivity contribution in [2.75, 3.05) is 19.7 Å². The first-order valence-electron chi connectivity index (χ1n) is 4.67. The summed E-state index contributed by atoms with van der Waals surface area (Å²) in [6.07, 6.45) is 5.16. The van der Waals surface area contributed by atoms with Crippen molar-refractivity contribution in [3.8, 4) is 0 Å². The van der Waals surface area contributed by atoms with Gasteiger partial charge in [0.05, 0.1) is 12.3 Å². The van der Waals surface area contributed by atoms with E-state index in [9.17, 15) is 0 Å². The monoisotopic (exact) mass is 181 g/mol. The van der Waals surface area contributed by atoms with Crippen LogP contribution in [0.1, 0.15) is 18.1 Å². The van der Waals surface area contributed by atoms with Gasteiger partial charge in [0.2, 0.25) is 0 Å². The molecule has 1 aromatic heterocycles. The molecule has 1 saturated heterocycles. The lowest BCUT2D eigenvalue weighted by atomic mass is 10.2. The van der Waals surface area contributed by atoms with Crippen LogP contribution in [0.2, 0.25) is 0 Å². The fraction of sp³-hybridized carbons (Fsp3) is 0.667. The van der Waals surface area contributed by atoms with Crippen molar-refractivity contribution in [1.82, 2.24) is 15.1 Å². The number of hydrogen-bond acceptors (Lipinski definition) is 3. The van der Waals surface area contributed by atoms with Crippen LogP contribution in [-0.4, -0.2) is 29.5 Å². The molecule has 0 aliphatic carbocycles. The number of rotatable bonds is 1. The van der Waals surface area contributed by atoms with Gasteiger partial charge < -0.3 is 10.1 Å². The third-order valence-electron chi connectivity index (χ3n) is 2.24. The van der Waals surface area contributed by atoms with Crippen LogP contribution in [0.25, 0.3) is 0 Å². The molecule has 1 aliphatic heterocycles. The lowest BCUT2D eigenvalue weighted by Crippen LogP contribution is -2.19. The predicted molar refractivity (Wildman–Crippen MR) is 49.4 cm³/mol. The summed E-state index contributed by atoms with van der Waals surface area (Å²) >= 11 is 0. The van der Waals surface area contributed by atoms with Crippen LogP contribution in [-0.2, 0) is 11.8 Å². The molecule has 1 fully saturated rings. The maximum atomic E-state index is 5.69. The number of aryl methyl sites for hydroxylation is 1. The molecule has 0 bridgehead atoms. The van der Waals surface area contributed by atoms with Crippen molar-refractivity contribution >= 4 is 0 Å². The number of hydrogen-bond donors (Lipinski definition) is 1. The van der Waals surface area contributed by atoms with E-state index in [1.54, 1.807) is 0 Å². The SMILES string of the molecule is Cn1cc([C@H]2CNCCCO2)cn1. The Bertz CT molecular complexity index is 264. The number of ether oxygens (including phenoxy) is 1. The normalized spacial score (nSPS) is 24.2. The van der Waals surface area contributed by atoms with E-state index in [-0.39, 0.29) is 6.10 Å². The Morgan fingerprint density at radius 1 is 1.69 bits per heavy atom. The lowest BCUT2D eigenvalue weighted by molar-refractivity contribution is 0.0668. The van der Waals surface area contributed by atoms with E-state index < -0.39 is 0 Å². The molecule has 2 heterocycles. The molecule has 1 N–H and O–H groups in total. The number of nitrogens with one attached hydrogen (secondary N) is 1. The van der Waals surface area contributed by atoms with Crippen LogP contribution in [0.4, 0.5) is 0 Å². The largest absolute Gasteiger partial charge is 0.372 e. The quantitative estimate of drug-likeness (QED) is 0.684. The summed E-state index contributed by atoms with van der Waals surface area (Å²) in [5.41, 5.74) is 1.16. The molecular formula is C9H15N3O. The molecule has 1 aromatic rings. The molecule has 0 aromatic carbocycles. The first kappa shape index (κ1) is 8.72. The van der Waals surface area contributed by atoms with Gasteiger partial charge >= 0.3 is 0 Å². The van der Waals surface area contributed by atoms with Crippen LogP contribution >= 0.6 is 0 Å². The zero-order chi connectivity index (χ0) is 9.10. The molecule has 0 spiro atoms. The highest BCUT2D eigenvalue weighted by molar-refractivity contribution is 5.08. The second-order valence-electron chi connectivity index (χ2n) is 3.36. The van der Waals surface area contributed by atoms with Crippen molar-refractivity contribution in [3.05, 3.63) is 18.0 Å². The molecule has 0 radical (unpaired) electrons. The van der Waals surface area contributed by atoms with Gasteiger partial charge in [0.25, 0.3) is 0 Å². The van der Waals surface area contributed by atoms with Crippen LogP contribution in [0, 0.1) is 0 Å². The van der Waals surface area contributed by atoms with Gasteiger partial charge in [-0.25, -0.2) is 0 Å². The molecule has 1 atom stereocenters. The summed E-state index contributed by atoms with van der Waals surface area (Å²) < 4.78 is 7.50. The second kappa shape index (κ2) is 3.89.